The van der Waals surface area contributed by atoms with Crippen molar-refractivity contribution in [2.75, 3.05) is 13.1 Å². The summed E-state index contributed by atoms with van der Waals surface area (Å²) < 4.78 is 8.31. The number of ether oxygens (including phenoxy) is 1. The van der Waals surface area contributed by atoms with Crippen LogP contribution in [0.4, 0.5) is 0 Å². The van der Waals surface area contributed by atoms with Crippen LogP contribution in [0, 0.1) is 5.92 Å². The van der Waals surface area contributed by atoms with Gasteiger partial charge in [0.1, 0.15) is 0 Å². The van der Waals surface area contributed by atoms with Crippen LogP contribution in [0.1, 0.15) is 37.9 Å². The van der Waals surface area contributed by atoms with Crippen molar-refractivity contribution in [3.63, 3.8) is 0 Å². The van der Waals surface area contributed by atoms with Gasteiger partial charge in [-0.05, 0) is 31.7 Å². The smallest absolute Gasteiger partial charge is 0.0951 e. The predicted molar refractivity (Wildman–Crippen MR) is 65.7 cm³/mol. The van der Waals surface area contributed by atoms with Gasteiger partial charge in [0, 0.05) is 12.6 Å². The summed E-state index contributed by atoms with van der Waals surface area (Å²) in [5, 5.41) is 3.40. The Balaban J connectivity index is 1.57. The molecule has 17 heavy (non-hydrogen) atoms. The van der Waals surface area contributed by atoms with Crippen molar-refractivity contribution in [3.8, 4) is 0 Å². The van der Waals surface area contributed by atoms with Crippen molar-refractivity contribution in [2.24, 2.45) is 5.92 Å². The van der Waals surface area contributed by atoms with Gasteiger partial charge in [0.2, 0.25) is 0 Å². The molecular weight excluding hydrogens is 214 g/mol. The van der Waals surface area contributed by atoms with Gasteiger partial charge in [-0.25, -0.2) is 4.98 Å². The molecule has 1 aliphatic carbocycles. The van der Waals surface area contributed by atoms with Crippen LogP contribution >= 0.6 is 0 Å². The first-order valence-corrected chi connectivity index (χ1v) is 6.67. The molecule has 1 saturated heterocycles. The highest BCUT2D eigenvalue weighted by atomic mass is 16.5. The van der Waals surface area contributed by atoms with Crippen molar-refractivity contribution in [3.05, 3.63) is 18.2 Å². The molecule has 0 amide bonds. The zero-order valence-electron chi connectivity index (χ0n) is 10.4. The molecule has 0 radical (unpaired) electrons. The lowest BCUT2D eigenvalue weighted by Crippen LogP contribution is -2.41. The van der Waals surface area contributed by atoms with E-state index in [0.717, 1.165) is 13.1 Å². The van der Waals surface area contributed by atoms with Crippen LogP contribution in [0.5, 0.6) is 0 Å². The summed E-state index contributed by atoms with van der Waals surface area (Å²) in [4.78, 5) is 4.23. The molecule has 1 aromatic rings. The molecule has 2 atom stereocenters. The normalized spacial score (nSPS) is 29.5. The number of hydrogen-bond donors (Lipinski definition) is 1. The first-order chi connectivity index (χ1) is 8.34. The molecule has 1 saturated carbocycles. The molecule has 2 heterocycles. The van der Waals surface area contributed by atoms with Gasteiger partial charge in [-0.15, -0.1) is 0 Å². The second kappa shape index (κ2) is 4.78. The van der Waals surface area contributed by atoms with E-state index in [1.807, 2.05) is 12.5 Å². The fraction of sp³-hybridized carbons (Fsp3) is 0.769. The minimum absolute atomic E-state index is 0.353. The van der Waals surface area contributed by atoms with Gasteiger partial charge < -0.3 is 14.6 Å². The Morgan fingerprint density at radius 2 is 2.35 bits per heavy atom. The van der Waals surface area contributed by atoms with Gasteiger partial charge >= 0.3 is 0 Å². The fourth-order valence-electron chi connectivity index (χ4n) is 2.50. The van der Waals surface area contributed by atoms with Crippen molar-refractivity contribution in [1.29, 1.82) is 0 Å². The molecule has 1 aliphatic heterocycles. The fourth-order valence-corrected chi connectivity index (χ4v) is 2.50. The Morgan fingerprint density at radius 1 is 1.47 bits per heavy atom. The number of hydrogen-bond acceptors (Lipinski definition) is 3. The third-order valence-corrected chi connectivity index (χ3v) is 3.89. The Bertz CT molecular complexity index is 372. The molecule has 3 rings (SSSR count). The maximum absolute atomic E-state index is 6.03. The third-order valence-electron chi connectivity index (χ3n) is 3.89. The van der Waals surface area contributed by atoms with Gasteiger partial charge in [0.25, 0.3) is 0 Å². The molecule has 0 aromatic carbocycles. The largest absolute Gasteiger partial charge is 0.370 e. The van der Waals surface area contributed by atoms with E-state index < -0.39 is 0 Å². The molecule has 4 nitrogen and oxygen atoms in total. The second-order valence-electron chi connectivity index (χ2n) is 5.34. The van der Waals surface area contributed by atoms with Crippen LogP contribution in [0.25, 0.3) is 0 Å². The van der Waals surface area contributed by atoms with Gasteiger partial charge in [0.05, 0.1) is 30.9 Å². The van der Waals surface area contributed by atoms with Crippen molar-refractivity contribution in [2.45, 2.75) is 44.9 Å². The van der Waals surface area contributed by atoms with Gasteiger partial charge in [-0.3, -0.25) is 0 Å². The highest BCUT2D eigenvalue weighted by molar-refractivity contribution is 5.02. The molecule has 1 N–H and O–H groups in total. The number of piperidine rings is 1. The summed E-state index contributed by atoms with van der Waals surface area (Å²) in [7, 11) is 0. The molecule has 2 aliphatic rings. The number of aromatic nitrogens is 2. The van der Waals surface area contributed by atoms with Crippen molar-refractivity contribution < 1.29 is 4.74 Å². The number of imidazole rings is 1. The van der Waals surface area contributed by atoms with E-state index in [2.05, 4.69) is 21.8 Å². The van der Waals surface area contributed by atoms with Crippen molar-refractivity contribution in [1.82, 2.24) is 14.9 Å². The van der Waals surface area contributed by atoms with Gasteiger partial charge in [0.15, 0.2) is 0 Å². The summed E-state index contributed by atoms with van der Waals surface area (Å²) in [6.07, 6.45) is 8.05. The lowest BCUT2D eigenvalue weighted by molar-refractivity contribution is -0.00909. The Labute approximate surface area is 102 Å². The standard InChI is InChI=1S/C13H21N3O/c1-10-4-5-14-7-13(10)17-8-12-6-15-9-16(12)11-2-3-11/h6,9-11,13-14H,2-5,7-8H2,1H3. The van der Waals surface area contributed by atoms with Crippen LogP contribution in [0.15, 0.2) is 12.5 Å². The molecular formula is C13H21N3O. The molecule has 94 valence electrons. The lowest BCUT2D eigenvalue weighted by atomic mass is 9.97. The SMILES string of the molecule is CC1CCNCC1OCc1cncn1C1CC1. The Hall–Kier alpha value is -0.870. The van der Waals surface area contributed by atoms with E-state index in [1.54, 1.807) is 0 Å². The molecule has 2 unspecified atom stereocenters. The number of nitrogens with one attached hydrogen (secondary N) is 1. The molecule has 0 bridgehead atoms. The molecule has 1 aromatic heterocycles. The van der Waals surface area contributed by atoms with Crippen molar-refractivity contribution >= 4 is 0 Å². The van der Waals surface area contributed by atoms with E-state index in [9.17, 15) is 0 Å². The zero-order valence-corrected chi connectivity index (χ0v) is 10.4. The summed E-state index contributed by atoms with van der Waals surface area (Å²) >= 11 is 0. The lowest BCUT2D eigenvalue weighted by Gasteiger charge is -2.29. The second-order valence-corrected chi connectivity index (χ2v) is 5.34. The average molecular weight is 235 g/mol. The van der Waals surface area contributed by atoms with Gasteiger partial charge in [-0.1, -0.05) is 6.92 Å². The molecule has 0 spiro atoms. The summed E-state index contributed by atoms with van der Waals surface area (Å²) in [6, 6.07) is 0.693. The first kappa shape index (κ1) is 11.2. The highest BCUT2D eigenvalue weighted by Crippen LogP contribution is 2.35. The van der Waals surface area contributed by atoms with E-state index in [-0.39, 0.29) is 0 Å². The van der Waals surface area contributed by atoms with E-state index >= 15 is 0 Å². The predicted octanol–water partition coefficient (Wildman–Crippen LogP) is 1.73. The van der Waals surface area contributed by atoms with E-state index in [1.165, 1.54) is 25.0 Å². The quantitative estimate of drug-likeness (QED) is 0.864. The van der Waals surface area contributed by atoms with E-state index in [4.69, 9.17) is 4.74 Å². The first-order valence-electron chi connectivity index (χ1n) is 6.67. The minimum Gasteiger partial charge on any atom is -0.370 e. The maximum atomic E-state index is 6.03. The maximum Gasteiger partial charge on any atom is 0.0951 e. The summed E-state index contributed by atoms with van der Waals surface area (Å²) in [6.45, 7) is 5.09. The van der Waals surface area contributed by atoms with E-state index in [0.29, 0.717) is 24.7 Å². The number of nitrogens with zero attached hydrogens (tertiary/aromatic N) is 2. The average Bonchev–Trinajstić information content (AvgIpc) is 3.08. The van der Waals surface area contributed by atoms with Crippen LogP contribution in [-0.2, 0) is 11.3 Å². The van der Waals surface area contributed by atoms with Crippen LogP contribution in [0.2, 0.25) is 0 Å². The topological polar surface area (TPSA) is 39.1 Å². The molecule has 2 fully saturated rings. The van der Waals surface area contributed by atoms with Crippen LogP contribution < -0.4 is 5.32 Å². The van der Waals surface area contributed by atoms with Crippen LogP contribution in [0.3, 0.4) is 0 Å². The molecule has 4 heteroatoms. The summed E-state index contributed by atoms with van der Waals surface area (Å²) in [5.41, 5.74) is 1.23. The van der Waals surface area contributed by atoms with Crippen LogP contribution in [-0.4, -0.2) is 28.7 Å². The third kappa shape index (κ3) is 2.53. The monoisotopic (exact) mass is 235 g/mol. The Kier molecular flexibility index (Phi) is 3.16. The number of rotatable bonds is 4. The zero-order chi connectivity index (χ0) is 11.7. The summed E-state index contributed by atoms with van der Waals surface area (Å²) in [5.74, 6) is 0.661. The highest BCUT2D eigenvalue weighted by Gasteiger charge is 2.26. The Morgan fingerprint density at radius 3 is 3.12 bits per heavy atom. The minimum atomic E-state index is 0.353. The van der Waals surface area contributed by atoms with Gasteiger partial charge in [-0.2, -0.15) is 0 Å².